The van der Waals surface area contributed by atoms with Crippen LogP contribution in [0, 0.1) is 6.92 Å². The van der Waals surface area contributed by atoms with Gasteiger partial charge in [-0.05, 0) is 13.5 Å². The van der Waals surface area contributed by atoms with Crippen LogP contribution in [-0.4, -0.2) is 32.2 Å². The van der Waals surface area contributed by atoms with Crippen molar-refractivity contribution in [1.29, 1.82) is 0 Å². The molecule has 0 saturated carbocycles. The van der Waals surface area contributed by atoms with Crippen LogP contribution in [0.15, 0.2) is 10.6 Å². The predicted octanol–water partition coefficient (Wildman–Crippen LogP) is 0.0119. The zero-order chi connectivity index (χ0) is 12.0. The Balaban J connectivity index is 2.36. The van der Waals surface area contributed by atoms with E-state index in [0.717, 1.165) is 6.54 Å². The first-order valence-corrected chi connectivity index (χ1v) is 6.78. The molecular formula is C9H17N3O3S. The lowest BCUT2D eigenvalue weighted by Crippen LogP contribution is -2.31. The molecular weight excluding hydrogens is 230 g/mol. The molecule has 0 unspecified atom stereocenters. The molecule has 1 heterocycles. The Labute approximate surface area is 95.5 Å². The van der Waals surface area contributed by atoms with Gasteiger partial charge in [0.2, 0.25) is 15.9 Å². The van der Waals surface area contributed by atoms with Crippen molar-refractivity contribution in [1.82, 2.24) is 15.0 Å². The van der Waals surface area contributed by atoms with E-state index in [0.29, 0.717) is 18.2 Å². The molecule has 0 aliphatic heterocycles. The Bertz CT molecular complexity index is 413. The second-order valence-corrected chi connectivity index (χ2v) is 5.28. The quantitative estimate of drug-likeness (QED) is 0.663. The zero-order valence-corrected chi connectivity index (χ0v) is 10.3. The largest absolute Gasteiger partial charge is 0.445 e. The molecule has 0 saturated heterocycles. The Morgan fingerprint density at radius 2 is 2.25 bits per heavy atom. The molecule has 1 aromatic rings. The molecule has 6 nitrogen and oxygen atoms in total. The Morgan fingerprint density at radius 1 is 1.50 bits per heavy atom. The predicted molar refractivity (Wildman–Crippen MR) is 60.4 cm³/mol. The SMILES string of the molecule is CCNCCS(=O)(=O)NCc1ncc(C)o1. The minimum atomic E-state index is -3.26. The summed E-state index contributed by atoms with van der Waals surface area (Å²) in [6.07, 6.45) is 1.56. The van der Waals surface area contributed by atoms with Crippen LogP contribution < -0.4 is 10.0 Å². The molecule has 7 heteroatoms. The van der Waals surface area contributed by atoms with Crippen molar-refractivity contribution in [2.75, 3.05) is 18.8 Å². The van der Waals surface area contributed by atoms with E-state index < -0.39 is 10.0 Å². The lowest BCUT2D eigenvalue weighted by Gasteiger charge is -2.04. The fourth-order valence-electron chi connectivity index (χ4n) is 1.11. The van der Waals surface area contributed by atoms with E-state index in [9.17, 15) is 8.42 Å². The molecule has 0 fully saturated rings. The maximum Gasteiger partial charge on any atom is 0.213 e. The van der Waals surface area contributed by atoms with Crippen LogP contribution in [0.25, 0.3) is 0 Å². The van der Waals surface area contributed by atoms with Gasteiger partial charge in [-0.15, -0.1) is 0 Å². The van der Waals surface area contributed by atoms with Crippen LogP contribution in [0.5, 0.6) is 0 Å². The average molecular weight is 247 g/mol. The van der Waals surface area contributed by atoms with Gasteiger partial charge in [-0.2, -0.15) is 0 Å². The van der Waals surface area contributed by atoms with Crippen LogP contribution in [0.4, 0.5) is 0 Å². The lowest BCUT2D eigenvalue weighted by molar-refractivity contribution is 0.463. The molecule has 1 rings (SSSR count). The molecule has 16 heavy (non-hydrogen) atoms. The number of hydrogen-bond acceptors (Lipinski definition) is 5. The van der Waals surface area contributed by atoms with E-state index in [1.54, 1.807) is 13.1 Å². The average Bonchev–Trinajstić information content (AvgIpc) is 2.62. The highest BCUT2D eigenvalue weighted by Gasteiger charge is 2.10. The number of nitrogens with zero attached hydrogens (tertiary/aromatic N) is 1. The fourth-order valence-corrected chi connectivity index (χ4v) is 2.01. The lowest BCUT2D eigenvalue weighted by atomic mass is 10.6. The molecule has 0 spiro atoms. The molecule has 0 aromatic carbocycles. The molecule has 0 amide bonds. The second kappa shape index (κ2) is 5.97. The third-order valence-electron chi connectivity index (χ3n) is 1.91. The summed E-state index contributed by atoms with van der Waals surface area (Å²) in [5.41, 5.74) is 0. The number of aryl methyl sites for hydroxylation is 1. The number of sulfonamides is 1. The van der Waals surface area contributed by atoms with Crippen molar-refractivity contribution in [3.8, 4) is 0 Å². The van der Waals surface area contributed by atoms with Gasteiger partial charge in [-0.25, -0.2) is 18.1 Å². The summed E-state index contributed by atoms with van der Waals surface area (Å²) in [4.78, 5) is 3.91. The van der Waals surface area contributed by atoms with E-state index >= 15 is 0 Å². The third kappa shape index (κ3) is 4.73. The maximum atomic E-state index is 11.5. The highest BCUT2D eigenvalue weighted by molar-refractivity contribution is 7.89. The van der Waals surface area contributed by atoms with E-state index in [1.165, 1.54) is 0 Å². The van der Waals surface area contributed by atoms with Crippen molar-refractivity contribution in [3.63, 3.8) is 0 Å². The maximum absolute atomic E-state index is 11.5. The van der Waals surface area contributed by atoms with Crippen molar-refractivity contribution >= 4 is 10.0 Å². The summed E-state index contributed by atoms with van der Waals surface area (Å²) >= 11 is 0. The van der Waals surface area contributed by atoms with Crippen LogP contribution >= 0.6 is 0 Å². The van der Waals surface area contributed by atoms with Crippen LogP contribution in [0.1, 0.15) is 18.6 Å². The zero-order valence-electron chi connectivity index (χ0n) is 9.49. The highest BCUT2D eigenvalue weighted by Crippen LogP contribution is 2.01. The molecule has 1 aromatic heterocycles. The summed E-state index contributed by atoms with van der Waals surface area (Å²) in [6, 6.07) is 0. The Morgan fingerprint density at radius 3 is 2.81 bits per heavy atom. The van der Waals surface area contributed by atoms with Gasteiger partial charge in [0.05, 0.1) is 18.5 Å². The van der Waals surface area contributed by atoms with Gasteiger partial charge < -0.3 is 9.73 Å². The van der Waals surface area contributed by atoms with Gasteiger partial charge in [0.25, 0.3) is 0 Å². The minimum Gasteiger partial charge on any atom is -0.445 e. The smallest absolute Gasteiger partial charge is 0.213 e. The Hall–Kier alpha value is -0.920. The number of aromatic nitrogens is 1. The van der Waals surface area contributed by atoms with Gasteiger partial charge in [0.1, 0.15) is 5.76 Å². The molecule has 0 bridgehead atoms. The molecule has 2 N–H and O–H groups in total. The minimum absolute atomic E-state index is 0.0561. The monoisotopic (exact) mass is 247 g/mol. The van der Waals surface area contributed by atoms with E-state index in [-0.39, 0.29) is 12.3 Å². The van der Waals surface area contributed by atoms with E-state index in [4.69, 9.17) is 4.42 Å². The van der Waals surface area contributed by atoms with Gasteiger partial charge in [0, 0.05) is 6.54 Å². The van der Waals surface area contributed by atoms with Crippen LogP contribution in [0.2, 0.25) is 0 Å². The number of oxazole rings is 1. The standard InChI is InChI=1S/C9H17N3O3S/c1-3-10-4-5-16(13,14)12-7-9-11-6-8(2)15-9/h6,10,12H,3-5,7H2,1-2H3. The van der Waals surface area contributed by atoms with Gasteiger partial charge >= 0.3 is 0 Å². The summed E-state index contributed by atoms with van der Waals surface area (Å²) < 4.78 is 30.5. The summed E-state index contributed by atoms with van der Waals surface area (Å²) in [5.74, 6) is 1.10. The number of nitrogens with one attached hydrogen (secondary N) is 2. The van der Waals surface area contributed by atoms with Crippen molar-refractivity contribution in [3.05, 3.63) is 17.8 Å². The normalized spacial score (nSPS) is 11.9. The Kier molecular flexibility index (Phi) is 4.91. The molecule has 92 valence electrons. The van der Waals surface area contributed by atoms with Crippen molar-refractivity contribution < 1.29 is 12.8 Å². The number of hydrogen-bond donors (Lipinski definition) is 2. The van der Waals surface area contributed by atoms with Crippen molar-refractivity contribution in [2.24, 2.45) is 0 Å². The summed E-state index contributed by atoms with van der Waals surface area (Å²) in [7, 11) is -3.26. The summed E-state index contributed by atoms with van der Waals surface area (Å²) in [5, 5.41) is 2.95. The van der Waals surface area contributed by atoms with Crippen LogP contribution in [-0.2, 0) is 16.6 Å². The first kappa shape index (κ1) is 13.1. The fraction of sp³-hybridized carbons (Fsp3) is 0.667. The van der Waals surface area contributed by atoms with Gasteiger partial charge in [-0.3, -0.25) is 0 Å². The van der Waals surface area contributed by atoms with Crippen molar-refractivity contribution in [2.45, 2.75) is 20.4 Å². The third-order valence-corrected chi connectivity index (χ3v) is 3.24. The first-order valence-electron chi connectivity index (χ1n) is 5.13. The molecule has 0 radical (unpaired) electrons. The van der Waals surface area contributed by atoms with Gasteiger partial charge in [0.15, 0.2) is 0 Å². The number of rotatable bonds is 7. The van der Waals surface area contributed by atoms with E-state index in [2.05, 4.69) is 15.0 Å². The topological polar surface area (TPSA) is 84.2 Å². The molecule has 0 aliphatic carbocycles. The first-order chi connectivity index (χ1) is 7.53. The molecule has 0 atom stereocenters. The molecule has 0 aliphatic rings. The van der Waals surface area contributed by atoms with Gasteiger partial charge in [-0.1, -0.05) is 6.92 Å². The van der Waals surface area contributed by atoms with E-state index in [1.807, 2.05) is 6.92 Å². The van der Waals surface area contributed by atoms with Crippen LogP contribution in [0.3, 0.4) is 0 Å². The summed E-state index contributed by atoms with van der Waals surface area (Å²) in [6.45, 7) is 4.99. The second-order valence-electron chi connectivity index (χ2n) is 3.36. The highest BCUT2D eigenvalue weighted by atomic mass is 32.2.